The van der Waals surface area contributed by atoms with Crippen LogP contribution in [0.5, 0.6) is 0 Å². The standard InChI is InChI=1S/C20H27N5O2S2/c1-13(18(26)22-19(27)21-14-9-10-14)29-20-24-23-17(12-16-8-5-11-28-16)25(20)15-6-3-2-4-7-15/h5,8,11,13-15H,2-4,6-7,9-10,12H2,1H3,(H2,21,22,26,27). The van der Waals surface area contributed by atoms with Crippen LogP contribution in [0.25, 0.3) is 0 Å². The first-order chi connectivity index (χ1) is 14.1. The van der Waals surface area contributed by atoms with Gasteiger partial charge in [0.05, 0.1) is 5.25 Å². The smallest absolute Gasteiger partial charge is 0.321 e. The molecule has 4 rings (SSSR count). The summed E-state index contributed by atoms with van der Waals surface area (Å²) in [5.74, 6) is 0.659. The third-order valence-corrected chi connectivity index (χ3v) is 7.32. The molecule has 2 saturated carbocycles. The second kappa shape index (κ2) is 9.30. The van der Waals surface area contributed by atoms with Gasteiger partial charge in [-0.05, 0) is 44.1 Å². The van der Waals surface area contributed by atoms with E-state index in [4.69, 9.17) is 0 Å². The van der Waals surface area contributed by atoms with Gasteiger partial charge in [-0.1, -0.05) is 37.1 Å². The molecule has 2 aliphatic carbocycles. The van der Waals surface area contributed by atoms with Crippen molar-refractivity contribution in [1.82, 2.24) is 25.4 Å². The fraction of sp³-hybridized carbons (Fsp3) is 0.600. The average Bonchev–Trinajstić information content (AvgIpc) is 3.22. The summed E-state index contributed by atoms with van der Waals surface area (Å²) in [6.45, 7) is 1.81. The molecule has 156 valence electrons. The molecule has 2 aromatic rings. The number of imide groups is 1. The van der Waals surface area contributed by atoms with Crippen molar-refractivity contribution in [2.45, 2.75) is 80.8 Å². The fourth-order valence-corrected chi connectivity index (χ4v) is 5.30. The molecule has 0 radical (unpaired) electrons. The van der Waals surface area contributed by atoms with Gasteiger partial charge in [-0.2, -0.15) is 0 Å². The maximum Gasteiger partial charge on any atom is 0.321 e. The number of rotatable bonds is 7. The van der Waals surface area contributed by atoms with E-state index in [1.54, 1.807) is 11.3 Å². The summed E-state index contributed by atoms with van der Waals surface area (Å²) < 4.78 is 2.25. The number of nitrogens with zero attached hydrogens (tertiary/aromatic N) is 3. The molecular formula is C20H27N5O2S2. The Kier molecular flexibility index (Phi) is 6.54. The number of hydrogen-bond acceptors (Lipinski definition) is 6. The molecular weight excluding hydrogens is 406 g/mol. The Hall–Kier alpha value is -1.87. The third kappa shape index (κ3) is 5.39. The Morgan fingerprint density at radius 3 is 2.72 bits per heavy atom. The molecule has 1 atom stereocenters. The predicted octanol–water partition coefficient (Wildman–Crippen LogP) is 3.90. The Labute approximate surface area is 179 Å². The highest BCUT2D eigenvalue weighted by atomic mass is 32.2. The zero-order chi connectivity index (χ0) is 20.2. The number of nitrogens with one attached hydrogen (secondary N) is 2. The summed E-state index contributed by atoms with van der Waals surface area (Å²) in [4.78, 5) is 25.6. The van der Waals surface area contributed by atoms with E-state index in [0.29, 0.717) is 6.04 Å². The van der Waals surface area contributed by atoms with Crippen LogP contribution in [0.15, 0.2) is 22.7 Å². The highest BCUT2D eigenvalue weighted by Gasteiger charge is 2.28. The molecule has 0 spiro atoms. The van der Waals surface area contributed by atoms with Crippen LogP contribution in [-0.2, 0) is 11.2 Å². The second-order valence-electron chi connectivity index (χ2n) is 7.81. The van der Waals surface area contributed by atoms with Gasteiger partial charge in [0, 0.05) is 23.4 Å². The molecule has 7 nitrogen and oxygen atoms in total. The third-order valence-electron chi connectivity index (χ3n) is 5.39. The van der Waals surface area contributed by atoms with Gasteiger partial charge >= 0.3 is 6.03 Å². The average molecular weight is 434 g/mol. The zero-order valence-corrected chi connectivity index (χ0v) is 18.2. The number of hydrogen-bond donors (Lipinski definition) is 2. The van der Waals surface area contributed by atoms with Gasteiger partial charge in [0.15, 0.2) is 5.16 Å². The van der Waals surface area contributed by atoms with Crippen LogP contribution in [0, 0.1) is 0 Å². The number of carbonyl (C=O) groups is 2. The fourth-order valence-electron chi connectivity index (χ4n) is 3.66. The molecule has 2 aromatic heterocycles. The van der Waals surface area contributed by atoms with Gasteiger partial charge in [-0.15, -0.1) is 21.5 Å². The van der Waals surface area contributed by atoms with Gasteiger partial charge in [0.1, 0.15) is 5.82 Å². The number of amides is 3. The van der Waals surface area contributed by atoms with Crippen molar-refractivity contribution >= 4 is 35.0 Å². The van der Waals surface area contributed by atoms with Crippen molar-refractivity contribution in [3.63, 3.8) is 0 Å². The van der Waals surface area contributed by atoms with E-state index < -0.39 is 11.3 Å². The maximum atomic E-state index is 12.5. The first kappa shape index (κ1) is 20.4. The van der Waals surface area contributed by atoms with Crippen LogP contribution < -0.4 is 10.6 Å². The van der Waals surface area contributed by atoms with E-state index in [0.717, 1.165) is 43.1 Å². The molecule has 2 fully saturated rings. The number of thiophene rings is 1. The van der Waals surface area contributed by atoms with E-state index in [1.807, 2.05) is 6.92 Å². The van der Waals surface area contributed by atoms with E-state index >= 15 is 0 Å². The first-order valence-electron chi connectivity index (χ1n) is 10.3. The summed E-state index contributed by atoms with van der Waals surface area (Å²) in [5, 5.41) is 16.6. The second-order valence-corrected chi connectivity index (χ2v) is 10.2. The lowest BCUT2D eigenvalue weighted by atomic mass is 9.95. The molecule has 2 N–H and O–H groups in total. The highest BCUT2D eigenvalue weighted by Crippen LogP contribution is 2.34. The number of carbonyl (C=O) groups excluding carboxylic acids is 2. The summed E-state index contributed by atoms with van der Waals surface area (Å²) in [7, 11) is 0. The molecule has 9 heteroatoms. The predicted molar refractivity (Wildman–Crippen MR) is 114 cm³/mol. The lowest BCUT2D eigenvalue weighted by molar-refractivity contribution is -0.119. The van der Waals surface area contributed by atoms with Crippen molar-refractivity contribution in [3.8, 4) is 0 Å². The minimum absolute atomic E-state index is 0.222. The minimum atomic E-state index is -0.430. The molecule has 0 aromatic carbocycles. The van der Waals surface area contributed by atoms with E-state index in [1.165, 1.54) is 35.9 Å². The molecule has 3 amide bonds. The zero-order valence-electron chi connectivity index (χ0n) is 16.6. The number of urea groups is 1. The lowest BCUT2D eigenvalue weighted by Gasteiger charge is -2.26. The summed E-state index contributed by atoms with van der Waals surface area (Å²) in [6, 6.07) is 4.36. The number of aromatic nitrogens is 3. The quantitative estimate of drug-likeness (QED) is 0.647. The van der Waals surface area contributed by atoms with Gasteiger partial charge in [-0.25, -0.2) is 4.79 Å². The molecule has 0 bridgehead atoms. The number of thioether (sulfide) groups is 1. The van der Waals surface area contributed by atoms with Crippen LogP contribution >= 0.6 is 23.1 Å². The van der Waals surface area contributed by atoms with Crippen LogP contribution in [0.1, 0.15) is 68.6 Å². The molecule has 1 unspecified atom stereocenters. The van der Waals surface area contributed by atoms with Gasteiger partial charge < -0.3 is 9.88 Å². The summed E-state index contributed by atoms with van der Waals surface area (Å²) in [6.07, 6.45) is 8.67. The van der Waals surface area contributed by atoms with Crippen LogP contribution in [0.2, 0.25) is 0 Å². The topological polar surface area (TPSA) is 88.9 Å². The van der Waals surface area contributed by atoms with Crippen molar-refractivity contribution < 1.29 is 9.59 Å². The van der Waals surface area contributed by atoms with E-state index in [9.17, 15) is 9.59 Å². The van der Waals surface area contributed by atoms with Gasteiger partial charge in [0.25, 0.3) is 0 Å². The molecule has 0 aliphatic heterocycles. The van der Waals surface area contributed by atoms with Crippen molar-refractivity contribution in [2.24, 2.45) is 0 Å². The largest absolute Gasteiger partial charge is 0.335 e. The Morgan fingerprint density at radius 2 is 2.03 bits per heavy atom. The maximum absolute atomic E-state index is 12.5. The van der Waals surface area contributed by atoms with Crippen molar-refractivity contribution in [2.75, 3.05) is 0 Å². The Balaban J connectivity index is 1.47. The van der Waals surface area contributed by atoms with Gasteiger partial charge in [0.2, 0.25) is 5.91 Å². The molecule has 29 heavy (non-hydrogen) atoms. The summed E-state index contributed by atoms with van der Waals surface area (Å²) >= 11 is 3.10. The highest BCUT2D eigenvalue weighted by molar-refractivity contribution is 8.00. The van der Waals surface area contributed by atoms with E-state index in [2.05, 4.69) is 42.9 Å². The minimum Gasteiger partial charge on any atom is -0.335 e. The summed E-state index contributed by atoms with van der Waals surface area (Å²) in [5.41, 5.74) is 0. The Bertz CT molecular complexity index is 841. The van der Waals surface area contributed by atoms with Crippen LogP contribution in [0.3, 0.4) is 0 Å². The molecule has 2 aliphatic rings. The SMILES string of the molecule is CC(Sc1nnc(Cc2cccs2)n1C1CCCCC1)C(=O)NC(=O)NC1CC1. The van der Waals surface area contributed by atoms with Crippen LogP contribution in [0.4, 0.5) is 4.79 Å². The lowest BCUT2D eigenvalue weighted by Crippen LogP contribution is -2.43. The monoisotopic (exact) mass is 433 g/mol. The van der Waals surface area contributed by atoms with E-state index in [-0.39, 0.29) is 11.9 Å². The normalized spacial score (nSPS) is 18.4. The Morgan fingerprint density at radius 1 is 1.24 bits per heavy atom. The van der Waals surface area contributed by atoms with Crippen LogP contribution in [-0.4, -0.2) is 38.0 Å². The van der Waals surface area contributed by atoms with Gasteiger partial charge in [-0.3, -0.25) is 10.1 Å². The molecule has 0 saturated heterocycles. The van der Waals surface area contributed by atoms with Crippen molar-refractivity contribution in [1.29, 1.82) is 0 Å². The molecule has 2 heterocycles. The first-order valence-corrected chi connectivity index (χ1v) is 12.1. The van der Waals surface area contributed by atoms with Crippen molar-refractivity contribution in [3.05, 3.63) is 28.2 Å².